The van der Waals surface area contributed by atoms with Gasteiger partial charge in [0.2, 0.25) is 0 Å². The van der Waals surface area contributed by atoms with Gasteiger partial charge in [0.25, 0.3) is 15.9 Å². The molecule has 0 aromatic carbocycles. The van der Waals surface area contributed by atoms with Gasteiger partial charge in [0.15, 0.2) is 5.82 Å². The fraction of sp³-hybridized carbons (Fsp3) is 0.200. The minimum absolute atomic E-state index is 0.00644. The van der Waals surface area contributed by atoms with E-state index in [4.69, 9.17) is 10.3 Å². The van der Waals surface area contributed by atoms with Crippen molar-refractivity contribution in [2.24, 2.45) is 5.73 Å². The molecule has 0 aliphatic heterocycles. The Morgan fingerprint density at radius 3 is 2.58 bits per heavy atom. The molecular formula is C10H11N3O4S2. The maximum atomic E-state index is 12.1. The molecule has 0 aliphatic carbocycles. The molecule has 19 heavy (non-hydrogen) atoms. The molecule has 2 aromatic rings. The van der Waals surface area contributed by atoms with Crippen molar-refractivity contribution in [2.45, 2.75) is 18.7 Å². The summed E-state index contributed by atoms with van der Waals surface area (Å²) in [5.74, 6) is -0.0897. The Hall–Kier alpha value is -1.87. The standard InChI is InChI=1S/C10H11N3O4S2/c1-5-3-9(12-17-5)13-19(15,16)8-4-7(10(11)14)18-6(8)2/h3-4H,1-2H3,(H2,11,14)(H,12,13). The average Bonchev–Trinajstić information content (AvgIpc) is 2.85. The number of thiophene rings is 1. The van der Waals surface area contributed by atoms with E-state index in [1.54, 1.807) is 13.8 Å². The van der Waals surface area contributed by atoms with Crippen molar-refractivity contribution in [3.63, 3.8) is 0 Å². The number of primary amides is 1. The number of hydrogen-bond donors (Lipinski definition) is 2. The molecule has 0 unspecified atom stereocenters. The number of carbonyl (C=O) groups is 1. The summed E-state index contributed by atoms with van der Waals surface area (Å²) in [4.78, 5) is 11.7. The number of hydrogen-bond acceptors (Lipinski definition) is 6. The average molecular weight is 301 g/mol. The van der Waals surface area contributed by atoms with E-state index >= 15 is 0 Å². The summed E-state index contributed by atoms with van der Waals surface area (Å²) in [7, 11) is -3.81. The van der Waals surface area contributed by atoms with Gasteiger partial charge in [-0.05, 0) is 19.9 Å². The topological polar surface area (TPSA) is 115 Å². The van der Waals surface area contributed by atoms with Gasteiger partial charge >= 0.3 is 0 Å². The molecule has 9 heteroatoms. The van der Waals surface area contributed by atoms with Crippen molar-refractivity contribution in [2.75, 3.05) is 4.72 Å². The van der Waals surface area contributed by atoms with Crippen LogP contribution < -0.4 is 10.5 Å². The van der Waals surface area contributed by atoms with E-state index in [2.05, 4.69) is 9.88 Å². The third kappa shape index (κ3) is 2.76. The van der Waals surface area contributed by atoms with E-state index in [0.717, 1.165) is 11.3 Å². The third-order valence-electron chi connectivity index (χ3n) is 2.27. The van der Waals surface area contributed by atoms with Gasteiger partial charge in [-0.15, -0.1) is 11.3 Å². The minimum atomic E-state index is -3.81. The molecule has 1 amide bonds. The van der Waals surface area contributed by atoms with Crippen LogP contribution in [0.4, 0.5) is 5.82 Å². The number of anilines is 1. The lowest BCUT2D eigenvalue weighted by Crippen LogP contribution is -2.13. The molecular weight excluding hydrogens is 290 g/mol. The zero-order valence-corrected chi connectivity index (χ0v) is 11.8. The van der Waals surface area contributed by atoms with Crippen molar-refractivity contribution in [1.29, 1.82) is 0 Å². The van der Waals surface area contributed by atoms with Crippen LogP contribution in [0.5, 0.6) is 0 Å². The van der Waals surface area contributed by atoms with Crippen LogP contribution in [0.1, 0.15) is 20.3 Å². The summed E-state index contributed by atoms with van der Waals surface area (Å²) in [6.45, 7) is 3.24. The number of sulfonamides is 1. The van der Waals surface area contributed by atoms with Crippen LogP contribution in [-0.2, 0) is 10.0 Å². The van der Waals surface area contributed by atoms with Gasteiger partial charge in [-0.25, -0.2) is 8.42 Å². The van der Waals surface area contributed by atoms with Crippen LogP contribution in [0, 0.1) is 13.8 Å². The van der Waals surface area contributed by atoms with Gasteiger partial charge in [-0.3, -0.25) is 9.52 Å². The van der Waals surface area contributed by atoms with Crippen LogP contribution in [-0.4, -0.2) is 19.5 Å². The van der Waals surface area contributed by atoms with Crippen LogP contribution in [0.3, 0.4) is 0 Å². The maximum absolute atomic E-state index is 12.1. The number of nitrogens with one attached hydrogen (secondary N) is 1. The van der Waals surface area contributed by atoms with Crippen LogP contribution in [0.25, 0.3) is 0 Å². The number of aryl methyl sites for hydroxylation is 2. The SMILES string of the molecule is Cc1cc(NS(=O)(=O)c2cc(C(N)=O)sc2C)no1. The molecule has 2 aromatic heterocycles. The van der Waals surface area contributed by atoms with Crippen molar-refractivity contribution >= 4 is 33.1 Å². The summed E-state index contributed by atoms with van der Waals surface area (Å²) < 4.78 is 31.3. The van der Waals surface area contributed by atoms with Gasteiger partial charge in [-0.1, -0.05) is 5.16 Å². The van der Waals surface area contributed by atoms with Crippen molar-refractivity contribution < 1.29 is 17.7 Å². The minimum Gasteiger partial charge on any atom is -0.365 e. The second-order valence-corrected chi connectivity index (χ2v) is 6.73. The highest BCUT2D eigenvalue weighted by Gasteiger charge is 2.22. The molecule has 0 spiro atoms. The summed E-state index contributed by atoms with van der Waals surface area (Å²) in [5, 5.41) is 3.54. The van der Waals surface area contributed by atoms with E-state index in [1.165, 1.54) is 12.1 Å². The summed E-state index contributed by atoms with van der Waals surface area (Å²) in [5.41, 5.74) is 5.12. The van der Waals surface area contributed by atoms with Gasteiger partial charge in [0.1, 0.15) is 10.7 Å². The molecule has 3 N–H and O–H groups in total. The molecule has 2 rings (SSSR count). The van der Waals surface area contributed by atoms with Gasteiger partial charge in [0, 0.05) is 10.9 Å². The second kappa shape index (κ2) is 4.67. The fourth-order valence-electron chi connectivity index (χ4n) is 1.46. The smallest absolute Gasteiger partial charge is 0.264 e. The van der Waals surface area contributed by atoms with Crippen LogP contribution >= 0.6 is 11.3 Å². The third-order valence-corrected chi connectivity index (χ3v) is 4.95. The Balaban J connectivity index is 2.37. The summed E-state index contributed by atoms with van der Waals surface area (Å²) >= 11 is 1.03. The molecule has 0 radical (unpaired) electrons. The predicted octanol–water partition coefficient (Wildman–Crippen LogP) is 1.25. The Morgan fingerprint density at radius 2 is 2.11 bits per heavy atom. The Kier molecular flexibility index (Phi) is 3.33. The van der Waals surface area contributed by atoms with Crippen LogP contribution in [0.2, 0.25) is 0 Å². The van der Waals surface area contributed by atoms with Crippen molar-refractivity contribution in [3.8, 4) is 0 Å². The number of amides is 1. The zero-order valence-electron chi connectivity index (χ0n) is 10.1. The van der Waals surface area contributed by atoms with Gasteiger partial charge < -0.3 is 10.3 Å². The van der Waals surface area contributed by atoms with Crippen LogP contribution in [0.15, 0.2) is 21.6 Å². The van der Waals surface area contributed by atoms with Gasteiger partial charge in [-0.2, -0.15) is 0 Å². The maximum Gasteiger partial charge on any atom is 0.264 e. The lowest BCUT2D eigenvalue weighted by molar-refractivity contribution is 0.100. The van der Waals surface area contributed by atoms with Crippen molar-refractivity contribution in [1.82, 2.24) is 5.16 Å². The zero-order chi connectivity index (χ0) is 14.2. The summed E-state index contributed by atoms with van der Waals surface area (Å²) in [6, 6.07) is 2.70. The molecule has 7 nitrogen and oxygen atoms in total. The quantitative estimate of drug-likeness (QED) is 0.881. The number of carbonyl (C=O) groups excluding carboxylic acids is 1. The number of nitrogens with zero attached hydrogens (tertiary/aromatic N) is 1. The van der Waals surface area contributed by atoms with E-state index in [1.807, 2.05) is 0 Å². The molecule has 0 fully saturated rings. The highest BCUT2D eigenvalue weighted by Crippen LogP contribution is 2.27. The summed E-state index contributed by atoms with van der Waals surface area (Å²) in [6.07, 6.45) is 0. The predicted molar refractivity (Wildman–Crippen MR) is 69.6 cm³/mol. The normalized spacial score (nSPS) is 11.5. The Labute approximate surface area is 113 Å². The first-order valence-corrected chi connectivity index (χ1v) is 7.46. The molecule has 0 saturated heterocycles. The Morgan fingerprint density at radius 1 is 1.42 bits per heavy atom. The first-order chi connectivity index (χ1) is 8.79. The molecule has 2 heterocycles. The highest BCUT2D eigenvalue weighted by molar-refractivity contribution is 7.93. The highest BCUT2D eigenvalue weighted by atomic mass is 32.2. The Bertz CT molecular complexity index is 730. The van der Waals surface area contributed by atoms with E-state index in [-0.39, 0.29) is 15.6 Å². The molecule has 0 atom stereocenters. The molecule has 0 aliphatic rings. The molecule has 0 bridgehead atoms. The molecule has 0 saturated carbocycles. The first kappa shape index (κ1) is 13.6. The largest absolute Gasteiger partial charge is 0.365 e. The van der Waals surface area contributed by atoms with Crippen molar-refractivity contribution in [3.05, 3.63) is 27.6 Å². The second-order valence-electron chi connectivity index (χ2n) is 3.82. The fourth-order valence-corrected chi connectivity index (χ4v) is 3.89. The number of aromatic nitrogens is 1. The van der Waals surface area contributed by atoms with E-state index in [0.29, 0.717) is 10.6 Å². The molecule has 102 valence electrons. The lowest BCUT2D eigenvalue weighted by atomic mass is 10.4. The number of rotatable bonds is 4. The number of nitrogens with two attached hydrogens (primary N) is 1. The van der Waals surface area contributed by atoms with E-state index < -0.39 is 15.9 Å². The van der Waals surface area contributed by atoms with E-state index in [9.17, 15) is 13.2 Å². The van der Waals surface area contributed by atoms with Gasteiger partial charge in [0.05, 0.1) is 4.88 Å². The monoisotopic (exact) mass is 301 g/mol. The first-order valence-electron chi connectivity index (χ1n) is 5.16. The lowest BCUT2D eigenvalue weighted by Gasteiger charge is -2.03.